The average Bonchev–Trinajstić information content (AvgIpc) is 2.18. The zero-order valence-corrected chi connectivity index (χ0v) is 9.75. The van der Waals surface area contributed by atoms with Crippen molar-refractivity contribution in [3.05, 3.63) is 23.8 Å². The second-order valence-corrected chi connectivity index (χ2v) is 4.27. The molecule has 0 saturated heterocycles. The molecule has 0 bridgehead atoms. The standard InChI is InChI=1S/C12H19NO2/c1-10-4-6-11(7-5-10)12(14)15-9-8-13(2)3/h4-6,11H,7-9H2,1-3H3/p+1. The third-order valence-corrected chi connectivity index (χ3v) is 2.43. The maximum absolute atomic E-state index is 11.6. The third kappa shape index (κ3) is 4.30. The Morgan fingerprint density at radius 3 is 2.87 bits per heavy atom. The molecular weight excluding hydrogens is 190 g/mol. The van der Waals surface area contributed by atoms with Gasteiger partial charge in [-0.2, -0.15) is 0 Å². The number of rotatable bonds is 4. The van der Waals surface area contributed by atoms with Crippen LogP contribution in [-0.2, 0) is 9.53 Å². The largest absolute Gasteiger partial charge is 0.459 e. The number of hydrogen-bond donors (Lipinski definition) is 1. The van der Waals surface area contributed by atoms with E-state index in [1.807, 2.05) is 33.2 Å². The van der Waals surface area contributed by atoms with Gasteiger partial charge in [0.1, 0.15) is 13.2 Å². The summed E-state index contributed by atoms with van der Waals surface area (Å²) in [4.78, 5) is 12.9. The Labute approximate surface area is 91.4 Å². The lowest BCUT2D eigenvalue weighted by Crippen LogP contribution is -3.06. The number of likely N-dealkylation sites (N-methyl/N-ethyl adjacent to an activating group) is 1. The molecule has 0 saturated carbocycles. The van der Waals surface area contributed by atoms with E-state index in [-0.39, 0.29) is 11.9 Å². The second-order valence-electron chi connectivity index (χ2n) is 4.27. The highest BCUT2D eigenvalue weighted by Gasteiger charge is 2.17. The number of quaternary nitrogens is 1. The van der Waals surface area contributed by atoms with Crippen molar-refractivity contribution < 1.29 is 14.4 Å². The van der Waals surface area contributed by atoms with Gasteiger partial charge in [0.05, 0.1) is 20.0 Å². The molecule has 3 nitrogen and oxygen atoms in total. The maximum atomic E-state index is 11.6. The average molecular weight is 210 g/mol. The van der Waals surface area contributed by atoms with Gasteiger partial charge in [0.25, 0.3) is 0 Å². The van der Waals surface area contributed by atoms with Crippen LogP contribution in [0.1, 0.15) is 13.3 Å². The van der Waals surface area contributed by atoms with Crippen LogP contribution in [0.25, 0.3) is 0 Å². The zero-order chi connectivity index (χ0) is 11.3. The van der Waals surface area contributed by atoms with Crippen molar-refractivity contribution in [3.8, 4) is 0 Å². The molecule has 3 heteroatoms. The lowest BCUT2D eigenvalue weighted by molar-refractivity contribution is -0.858. The summed E-state index contributed by atoms with van der Waals surface area (Å²) in [5, 5.41) is 0. The van der Waals surface area contributed by atoms with Crippen molar-refractivity contribution in [1.82, 2.24) is 0 Å². The first-order valence-corrected chi connectivity index (χ1v) is 5.40. The quantitative estimate of drug-likeness (QED) is 0.672. The Morgan fingerprint density at radius 2 is 2.33 bits per heavy atom. The molecule has 15 heavy (non-hydrogen) atoms. The highest BCUT2D eigenvalue weighted by Crippen LogP contribution is 2.16. The Morgan fingerprint density at radius 1 is 1.60 bits per heavy atom. The van der Waals surface area contributed by atoms with Crippen LogP contribution in [0.15, 0.2) is 23.8 Å². The van der Waals surface area contributed by atoms with Gasteiger partial charge in [-0.3, -0.25) is 4.79 Å². The first kappa shape index (κ1) is 12.0. The molecule has 1 rings (SSSR count). The molecule has 0 amide bonds. The van der Waals surface area contributed by atoms with Gasteiger partial charge in [0, 0.05) is 0 Å². The van der Waals surface area contributed by atoms with Gasteiger partial charge < -0.3 is 9.64 Å². The topological polar surface area (TPSA) is 30.7 Å². The van der Waals surface area contributed by atoms with Crippen LogP contribution in [0.5, 0.6) is 0 Å². The first-order valence-electron chi connectivity index (χ1n) is 5.40. The van der Waals surface area contributed by atoms with Crippen molar-refractivity contribution in [2.24, 2.45) is 5.92 Å². The molecule has 1 unspecified atom stereocenters. The van der Waals surface area contributed by atoms with Crippen LogP contribution in [0.4, 0.5) is 0 Å². The predicted molar refractivity (Wildman–Crippen MR) is 59.6 cm³/mol. The summed E-state index contributed by atoms with van der Waals surface area (Å²) in [6, 6.07) is 0. The van der Waals surface area contributed by atoms with Gasteiger partial charge in [-0.25, -0.2) is 0 Å². The normalized spacial score (nSPS) is 20.3. The summed E-state index contributed by atoms with van der Waals surface area (Å²) >= 11 is 0. The fourth-order valence-electron chi connectivity index (χ4n) is 1.36. The SMILES string of the molecule is CC1=CCC(C(=O)OCC[NH+](C)C)C=C1. The van der Waals surface area contributed by atoms with Gasteiger partial charge >= 0.3 is 5.97 Å². The summed E-state index contributed by atoms with van der Waals surface area (Å²) in [5.41, 5.74) is 1.22. The number of carbonyl (C=O) groups excluding carboxylic acids is 1. The molecule has 84 valence electrons. The molecule has 1 aliphatic carbocycles. The molecule has 0 fully saturated rings. The minimum Gasteiger partial charge on any atom is -0.459 e. The van der Waals surface area contributed by atoms with Crippen molar-refractivity contribution >= 4 is 5.97 Å². The molecule has 1 aliphatic rings. The molecular formula is C12H20NO2+. The van der Waals surface area contributed by atoms with Crippen molar-refractivity contribution in [2.75, 3.05) is 27.2 Å². The van der Waals surface area contributed by atoms with Crippen molar-refractivity contribution in [3.63, 3.8) is 0 Å². The molecule has 0 spiro atoms. The van der Waals surface area contributed by atoms with Crippen LogP contribution in [-0.4, -0.2) is 33.2 Å². The second kappa shape index (κ2) is 5.71. The Hall–Kier alpha value is -1.09. The number of hydrogen-bond acceptors (Lipinski definition) is 2. The minimum absolute atomic E-state index is 0.0779. The van der Waals surface area contributed by atoms with Crippen LogP contribution in [0.2, 0.25) is 0 Å². The van der Waals surface area contributed by atoms with Gasteiger partial charge in [-0.15, -0.1) is 0 Å². The summed E-state index contributed by atoms with van der Waals surface area (Å²) in [5.74, 6) is -0.179. The molecule has 1 N–H and O–H groups in total. The summed E-state index contributed by atoms with van der Waals surface area (Å²) in [6.07, 6.45) is 6.76. The number of carbonyl (C=O) groups is 1. The molecule has 0 aliphatic heterocycles. The highest BCUT2D eigenvalue weighted by molar-refractivity contribution is 5.75. The third-order valence-electron chi connectivity index (χ3n) is 2.43. The van der Waals surface area contributed by atoms with Crippen molar-refractivity contribution in [1.29, 1.82) is 0 Å². The molecule has 0 aromatic heterocycles. The zero-order valence-electron chi connectivity index (χ0n) is 9.75. The highest BCUT2D eigenvalue weighted by atomic mass is 16.5. The fraction of sp³-hybridized carbons (Fsp3) is 0.583. The van der Waals surface area contributed by atoms with E-state index < -0.39 is 0 Å². The lowest BCUT2D eigenvalue weighted by Gasteiger charge is -2.14. The number of ether oxygens (including phenoxy) is 1. The maximum Gasteiger partial charge on any atom is 0.313 e. The van der Waals surface area contributed by atoms with Crippen LogP contribution in [0.3, 0.4) is 0 Å². The predicted octanol–water partition coefficient (Wildman–Crippen LogP) is 0.197. The van der Waals surface area contributed by atoms with E-state index in [9.17, 15) is 4.79 Å². The van der Waals surface area contributed by atoms with Crippen LogP contribution < -0.4 is 4.90 Å². The minimum atomic E-state index is -0.101. The van der Waals surface area contributed by atoms with Crippen LogP contribution >= 0.6 is 0 Å². The van der Waals surface area contributed by atoms with Crippen LogP contribution in [0, 0.1) is 5.92 Å². The Bertz CT molecular complexity index is 279. The molecule has 0 heterocycles. The van der Waals surface area contributed by atoms with E-state index >= 15 is 0 Å². The van der Waals surface area contributed by atoms with E-state index in [2.05, 4.69) is 6.08 Å². The van der Waals surface area contributed by atoms with E-state index in [0.29, 0.717) is 6.61 Å². The van der Waals surface area contributed by atoms with Crippen molar-refractivity contribution in [2.45, 2.75) is 13.3 Å². The van der Waals surface area contributed by atoms with Gasteiger partial charge in [-0.05, 0) is 13.3 Å². The number of nitrogens with one attached hydrogen (secondary N) is 1. The summed E-state index contributed by atoms with van der Waals surface area (Å²) < 4.78 is 5.19. The Balaban J connectivity index is 2.27. The molecule has 1 atom stereocenters. The number of allylic oxidation sites excluding steroid dienone is 3. The van der Waals surface area contributed by atoms with Gasteiger partial charge in [0.15, 0.2) is 0 Å². The summed E-state index contributed by atoms with van der Waals surface area (Å²) in [6.45, 7) is 3.40. The fourth-order valence-corrected chi connectivity index (χ4v) is 1.36. The number of esters is 1. The first-order chi connectivity index (χ1) is 7.09. The van der Waals surface area contributed by atoms with E-state index in [0.717, 1.165) is 13.0 Å². The Kier molecular flexibility index (Phi) is 4.56. The molecule has 0 aromatic rings. The lowest BCUT2D eigenvalue weighted by atomic mass is 9.98. The van der Waals surface area contributed by atoms with Gasteiger partial charge in [-0.1, -0.05) is 23.8 Å². The molecule has 0 radical (unpaired) electrons. The van der Waals surface area contributed by atoms with E-state index in [1.165, 1.54) is 10.5 Å². The monoisotopic (exact) mass is 210 g/mol. The van der Waals surface area contributed by atoms with E-state index in [1.54, 1.807) is 0 Å². The van der Waals surface area contributed by atoms with Gasteiger partial charge in [0.2, 0.25) is 0 Å². The smallest absolute Gasteiger partial charge is 0.313 e. The molecule has 0 aromatic carbocycles. The van der Waals surface area contributed by atoms with E-state index in [4.69, 9.17) is 4.74 Å². The summed E-state index contributed by atoms with van der Waals surface area (Å²) in [7, 11) is 4.08.